The summed E-state index contributed by atoms with van der Waals surface area (Å²) < 4.78 is 5.47. The van der Waals surface area contributed by atoms with Crippen molar-refractivity contribution in [2.45, 2.75) is 31.8 Å². The van der Waals surface area contributed by atoms with Crippen LogP contribution in [0, 0.1) is 6.92 Å². The number of piperidine rings is 1. The molecule has 0 spiro atoms. The molecule has 0 unspecified atom stereocenters. The Morgan fingerprint density at radius 3 is 2.65 bits per heavy atom. The summed E-state index contributed by atoms with van der Waals surface area (Å²) in [6, 6.07) is 13.7. The van der Waals surface area contributed by atoms with Gasteiger partial charge in [-0.1, -0.05) is 35.5 Å². The van der Waals surface area contributed by atoms with E-state index >= 15 is 0 Å². The lowest BCUT2D eigenvalue weighted by Crippen LogP contribution is -2.46. The van der Waals surface area contributed by atoms with Crippen LogP contribution in [-0.4, -0.2) is 38.9 Å². The van der Waals surface area contributed by atoms with Crippen molar-refractivity contribution in [1.82, 2.24) is 15.1 Å². The predicted octanol–water partition coefficient (Wildman–Crippen LogP) is 3.01. The van der Waals surface area contributed by atoms with Gasteiger partial charge >= 0.3 is 0 Å². The molecule has 2 aromatic heterocycles. The van der Waals surface area contributed by atoms with Gasteiger partial charge in [0.15, 0.2) is 0 Å². The first-order valence-corrected chi connectivity index (χ1v) is 8.89. The fourth-order valence-corrected chi connectivity index (χ4v) is 3.35. The van der Waals surface area contributed by atoms with Gasteiger partial charge in [0.05, 0.1) is 5.60 Å². The number of aromatic nitrogens is 3. The first-order chi connectivity index (χ1) is 12.6. The van der Waals surface area contributed by atoms with Crippen molar-refractivity contribution >= 4 is 5.95 Å². The van der Waals surface area contributed by atoms with Gasteiger partial charge in [0, 0.05) is 43.0 Å². The van der Waals surface area contributed by atoms with Crippen molar-refractivity contribution in [2.75, 3.05) is 18.0 Å². The minimum absolute atomic E-state index is 0.468. The van der Waals surface area contributed by atoms with Crippen LogP contribution in [0.1, 0.15) is 24.3 Å². The van der Waals surface area contributed by atoms with Gasteiger partial charge in [-0.2, -0.15) is 0 Å². The van der Waals surface area contributed by atoms with Gasteiger partial charge in [0.25, 0.3) is 0 Å². The molecule has 0 atom stereocenters. The number of rotatable bonds is 4. The van der Waals surface area contributed by atoms with Gasteiger partial charge < -0.3 is 14.5 Å². The van der Waals surface area contributed by atoms with Crippen molar-refractivity contribution in [3.05, 3.63) is 60.1 Å². The number of aryl methyl sites for hydroxylation is 1. The maximum absolute atomic E-state index is 11.0. The molecule has 3 aromatic rings. The van der Waals surface area contributed by atoms with E-state index < -0.39 is 5.60 Å². The van der Waals surface area contributed by atoms with E-state index in [2.05, 4.69) is 20.0 Å². The highest BCUT2D eigenvalue weighted by Crippen LogP contribution is 2.29. The zero-order valence-electron chi connectivity index (χ0n) is 14.8. The summed E-state index contributed by atoms with van der Waals surface area (Å²) in [5.74, 6) is 1.45. The molecule has 1 aliphatic rings. The minimum atomic E-state index is -0.784. The number of hydrogen-bond acceptors (Lipinski definition) is 6. The fourth-order valence-electron chi connectivity index (χ4n) is 3.35. The Labute approximate surface area is 152 Å². The summed E-state index contributed by atoms with van der Waals surface area (Å²) in [5, 5.41) is 15.1. The molecule has 0 amide bonds. The van der Waals surface area contributed by atoms with E-state index in [-0.39, 0.29) is 0 Å². The topological polar surface area (TPSA) is 75.3 Å². The molecule has 0 aliphatic carbocycles. The van der Waals surface area contributed by atoms with Crippen LogP contribution >= 0.6 is 0 Å². The van der Waals surface area contributed by atoms with E-state index in [0.29, 0.717) is 25.0 Å². The number of benzene rings is 1. The molecule has 0 saturated carbocycles. The maximum Gasteiger partial charge on any atom is 0.225 e. The minimum Gasteiger partial charge on any atom is -0.389 e. The van der Waals surface area contributed by atoms with Crippen LogP contribution in [-0.2, 0) is 6.42 Å². The lowest BCUT2D eigenvalue weighted by atomic mass is 9.87. The molecule has 6 heteroatoms. The average Bonchev–Trinajstić information content (AvgIpc) is 3.11. The summed E-state index contributed by atoms with van der Waals surface area (Å²) in [4.78, 5) is 10.9. The highest BCUT2D eigenvalue weighted by atomic mass is 16.5. The summed E-state index contributed by atoms with van der Waals surface area (Å²) >= 11 is 0. The molecule has 0 radical (unpaired) electrons. The van der Waals surface area contributed by atoms with Gasteiger partial charge in [-0.3, -0.25) is 0 Å². The lowest BCUT2D eigenvalue weighted by Gasteiger charge is -2.37. The quantitative estimate of drug-likeness (QED) is 0.779. The summed E-state index contributed by atoms with van der Waals surface area (Å²) in [7, 11) is 0. The van der Waals surface area contributed by atoms with Crippen LogP contribution < -0.4 is 4.90 Å². The highest BCUT2D eigenvalue weighted by Gasteiger charge is 2.34. The molecule has 1 aliphatic heterocycles. The summed E-state index contributed by atoms with van der Waals surface area (Å²) in [5.41, 5.74) is 1.98. The third-order valence-electron chi connectivity index (χ3n) is 4.89. The second-order valence-electron chi connectivity index (χ2n) is 6.93. The maximum atomic E-state index is 11.0. The first kappa shape index (κ1) is 16.7. The molecular formula is C20H22N4O2. The molecule has 134 valence electrons. The van der Waals surface area contributed by atoms with Gasteiger partial charge in [0.2, 0.25) is 5.95 Å². The smallest absolute Gasteiger partial charge is 0.225 e. The summed E-state index contributed by atoms with van der Waals surface area (Å²) in [6.07, 6.45) is 3.53. The van der Waals surface area contributed by atoms with E-state index in [1.807, 2.05) is 49.4 Å². The molecule has 1 fully saturated rings. The van der Waals surface area contributed by atoms with E-state index in [0.717, 1.165) is 36.0 Å². The normalized spacial score (nSPS) is 16.6. The molecule has 1 N–H and O–H groups in total. The highest BCUT2D eigenvalue weighted by molar-refractivity contribution is 5.58. The molecule has 0 bridgehead atoms. The monoisotopic (exact) mass is 350 g/mol. The van der Waals surface area contributed by atoms with Crippen LogP contribution in [0.5, 0.6) is 0 Å². The van der Waals surface area contributed by atoms with E-state index in [9.17, 15) is 5.11 Å². The van der Waals surface area contributed by atoms with Crippen LogP contribution in [0.15, 0.2) is 53.2 Å². The van der Waals surface area contributed by atoms with E-state index in [1.54, 1.807) is 6.20 Å². The third-order valence-corrected chi connectivity index (χ3v) is 4.89. The van der Waals surface area contributed by atoms with Crippen LogP contribution in [0.2, 0.25) is 0 Å². The first-order valence-electron chi connectivity index (χ1n) is 8.89. The molecule has 4 rings (SSSR count). The van der Waals surface area contributed by atoms with Crippen molar-refractivity contribution in [3.63, 3.8) is 0 Å². The SMILES string of the molecule is Cc1ccnc(N2CCC(O)(Cc3cc(-c4ccccc4)no3)CC2)n1. The predicted molar refractivity (Wildman–Crippen MR) is 98.8 cm³/mol. The standard InChI is InChI=1S/C20H22N4O2/c1-15-7-10-21-19(22-15)24-11-8-20(25,9-12-24)14-17-13-18(23-26-17)16-5-3-2-4-6-16/h2-7,10,13,25H,8-9,11-12,14H2,1H3. The molecule has 1 aromatic carbocycles. The summed E-state index contributed by atoms with van der Waals surface area (Å²) in [6.45, 7) is 3.40. The Morgan fingerprint density at radius 1 is 1.15 bits per heavy atom. The van der Waals surface area contributed by atoms with Crippen molar-refractivity contribution < 1.29 is 9.63 Å². The van der Waals surface area contributed by atoms with Gasteiger partial charge in [-0.25, -0.2) is 9.97 Å². The van der Waals surface area contributed by atoms with Crippen LogP contribution in [0.25, 0.3) is 11.3 Å². The van der Waals surface area contributed by atoms with Crippen LogP contribution in [0.4, 0.5) is 5.95 Å². The zero-order valence-corrected chi connectivity index (χ0v) is 14.8. The van der Waals surface area contributed by atoms with Gasteiger partial charge in [-0.15, -0.1) is 0 Å². The zero-order chi connectivity index (χ0) is 18.0. The van der Waals surface area contributed by atoms with Crippen molar-refractivity contribution in [1.29, 1.82) is 0 Å². The Balaban J connectivity index is 1.41. The molecule has 26 heavy (non-hydrogen) atoms. The second kappa shape index (κ2) is 6.88. The van der Waals surface area contributed by atoms with Crippen molar-refractivity contribution in [2.24, 2.45) is 0 Å². The Morgan fingerprint density at radius 2 is 1.92 bits per heavy atom. The lowest BCUT2D eigenvalue weighted by molar-refractivity contribution is 0.0107. The largest absolute Gasteiger partial charge is 0.389 e. The second-order valence-corrected chi connectivity index (χ2v) is 6.93. The molecular weight excluding hydrogens is 328 g/mol. The van der Waals surface area contributed by atoms with Crippen molar-refractivity contribution in [3.8, 4) is 11.3 Å². The fraction of sp³-hybridized carbons (Fsp3) is 0.350. The molecule has 6 nitrogen and oxygen atoms in total. The molecule has 1 saturated heterocycles. The Bertz CT molecular complexity index is 870. The number of hydrogen-bond donors (Lipinski definition) is 1. The van der Waals surface area contributed by atoms with Gasteiger partial charge in [-0.05, 0) is 25.8 Å². The Kier molecular flexibility index (Phi) is 4.42. The Hall–Kier alpha value is -2.73. The number of aliphatic hydroxyl groups is 1. The molecule has 3 heterocycles. The van der Waals surface area contributed by atoms with E-state index in [1.165, 1.54) is 0 Å². The average molecular weight is 350 g/mol. The van der Waals surface area contributed by atoms with Gasteiger partial charge in [0.1, 0.15) is 11.5 Å². The van der Waals surface area contributed by atoms with Crippen LogP contribution in [0.3, 0.4) is 0 Å². The third kappa shape index (κ3) is 3.60. The van der Waals surface area contributed by atoms with E-state index in [4.69, 9.17) is 4.52 Å². The number of anilines is 1. The number of nitrogens with zero attached hydrogens (tertiary/aromatic N) is 4.